The molecule has 2 aromatic rings. The predicted molar refractivity (Wildman–Crippen MR) is 66.0 cm³/mol. The maximum Gasteiger partial charge on any atom is 0.305 e. The highest BCUT2D eigenvalue weighted by molar-refractivity contribution is 9.10. The quantitative estimate of drug-likeness (QED) is 0.934. The SMILES string of the molecule is O=C(O)CCn1cc(Br)c2ncccc2c1=O. The Kier molecular flexibility index (Phi) is 3.23. The maximum absolute atomic E-state index is 12.0. The summed E-state index contributed by atoms with van der Waals surface area (Å²) in [5, 5.41) is 9.09. The first-order valence-corrected chi connectivity index (χ1v) is 5.74. The number of rotatable bonds is 3. The molecule has 0 unspecified atom stereocenters. The van der Waals surface area contributed by atoms with Crippen molar-refractivity contribution in [2.45, 2.75) is 13.0 Å². The molecule has 0 spiro atoms. The van der Waals surface area contributed by atoms with E-state index in [-0.39, 0.29) is 18.5 Å². The van der Waals surface area contributed by atoms with Crippen LogP contribution in [0.4, 0.5) is 0 Å². The lowest BCUT2D eigenvalue weighted by Gasteiger charge is -2.06. The Balaban J connectivity index is 2.55. The van der Waals surface area contributed by atoms with Crippen molar-refractivity contribution in [3.05, 3.63) is 39.4 Å². The molecule has 0 atom stereocenters. The predicted octanol–water partition coefficient (Wildman–Crippen LogP) is 1.63. The van der Waals surface area contributed by atoms with Gasteiger partial charge < -0.3 is 9.67 Å². The number of aromatic nitrogens is 2. The monoisotopic (exact) mass is 296 g/mol. The largest absolute Gasteiger partial charge is 0.481 e. The number of hydrogen-bond donors (Lipinski definition) is 1. The molecule has 0 bridgehead atoms. The molecule has 0 aliphatic carbocycles. The second-order valence-electron chi connectivity index (χ2n) is 3.52. The van der Waals surface area contributed by atoms with Crippen LogP contribution in [0.2, 0.25) is 0 Å². The van der Waals surface area contributed by atoms with Crippen LogP contribution in [0.1, 0.15) is 6.42 Å². The van der Waals surface area contributed by atoms with Gasteiger partial charge in [0.15, 0.2) is 0 Å². The highest BCUT2D eigenvalue weighted by Gasteiger charge is 2.08. The first kappa shape index (κ1) is 11.8. The maximum atomic E-state index is 12.0. The third kappa shape index (κ3) is 2.36. The number of aliphatic carboxylic acids is 1. The third-order valence-corrected chi connectivity index (χ3v) is 2.94. The van der Waals surface area contributed by atoms with Gasteiger partial charge in [0.05, 0.1) is 21.8 Å². The van der Waals surface area contributed by atoms with E-state index in [2.05, 4.69) is 20.9 Å². The molecule has 0 aliphatic heterocycles. The Morgan fingerprint density at radius 2 is 2.29 bits per heavy atom. The molecule has 17 heavy (non-hydrogen) atoms. The van der Waals surface area contributed by atoms with Crippen molar-refractivity contribution in [1.82, 2.24) is 9.55 Å². The molecule has 2 rings (SSSR count). The van der Waals surface area contributed by atoms with E-state index in [0.717, 1.165) is 0 Å². The van der Waals surface area contributed by atoms with Gasteiger partial charge in [0.2, 0.25) is 0 Å². The van der Waals surface area contributed by atoms with Crippen molar-refractivity contribution >= 4 is 32.8 Å². The lowest BCUT2D eigenvalue weighted by molar-refractivity contribution is -0.137. The van der Waals surface area contributed by atoms with Gasteiger partial charge in [-0.2, -0.15) is 0 Å². The van der Waals surface area contributed by atoms with Crippen LogP contribution in [-0.4, -0.2) is 20.6 Å². The van der Waals surface area contributed by atoms with Gasteiger partial charge in [0, 0.05) is 18.9 Å². The molecule has 88 valence electrons. The van der Waals surface area contributed by atoms with Gasteiger partial charge in [-0.25, -0.2) is 0 Å². The molecular weight excluding hydrogens is 288 g/mol. The van der Waals surface area contributed by atoms with Gasteiger partial charge in [0.1, 0.15) is 0 Å². The van der Waals surface area contributed by atoms with E-state index in [9.17, 15) is 9.59 Å². The molecule has 5 nitrogen and oxygen atoms in total. The Labute approximate surface area is 105 Å². The van der Waals surface area contributed by atoms with Crippen molar-refractivity contribution in [3.8, 4) is 0 Å². The number of fused-ring (bicyclic) bond motifs is 1. The summed E-state index contributed by atoms with van der Waals surface area (Å²) in [5.74, 6) is -0.931. The zero-order valence-corrected chi connectivity index (χ0v) is 10.3. The number of halogens is 1. The van der Waals surface area contributed by atoms with E-state index < -0.39 is 5.97 Å². The number of carboxylic acids is 1. The third-order valence-electron chi connectivity index (χ3n) is 2.36. The van der Waals surface area contributed by atoms with Gasteiger partial charge in [-0.1, -0.05) is 0 Å². The first-order valence-electron chi connectivity index (χ1n) is 4.95. The summed E-state index contributed by atoms with van der Waals surface area (Å²) in [4.78, 5) is 26.6. The molecule has 0 radical (unpaired) electrons. The summed E-state index contributed by atoms with van der Waals surface area (Å²) >= 11 is 3.32. The summed E-state index contributed by atoms with van der Waals surface area (Å²) < 4.78 is 2.06. The summed E-state index contributed by atoms with van der Waals surface area (Å²) in [6.45, 7) is 0.150. The van der Waals surface area contributed by atoms with E-state index >= 15 is 0 Å². The van der Waals surface area contributed by atoms with Crippen molar-refractivity contribution in [1.29, 1.82) is 0 Å². The Bertz CT molecular complexity index is 636. The molecule has 1 N–H and O–H groups in total. The zero-order chi connectivity index (χ0) is 12.4. The molecule has 0 amide bonds. The van der Waals surface area contributed by atoms with E-state index in [1.165, 1.54) is 4.57 Å². The van der Waals surface area contributed by atoms with Gasteiger partial charge >= 0.3 is 5.97 Å². The van der Waals surface area contributed by atoms with Gasteiger partial charge in [0.25, 0.3) is 5.56 Å². The van der Waals surface area contributed by atoms with Crippen LogP contribution in [0.3, 0.4) is 0 Å². The summed E-state index contributed by atoms with van der Waals surface area (Å²) in [7, 11) is 0. The standard InChI is InChI=1S/C11H9BrN2O3/c12-8-6-14(5-3-9(15)16)11(17)7-2-1-4-13-10(7)8/h1-2,4,6H,3,5H2,(H,15,16). The van der Waals surface area contributed by atoms with Crippen molar-refractivity contribution < 1.29 is 9.90 Å². The molecule has 2 heterocycles. The van der Waals surface area contributed by atoms with E-state index in [0.29, 0.717) is 15.4 Å². The fraction of sp³-hybridized carbons (Fsp3) is 0.182. The Morgan fingerprint density at radius 1 is 1.53 bits per heavy atom. The smallest absolute Gasteiger partial charge is 0.305 e. The van der Waals surface area contributed by atoms with Crippen LogP contribution >= 0.6 is 15.9 Å². The second kappa shape index (κ2) is 4.67. The topological polar surface area (TPSA) is 72.2 Å². The number of pyridine rings is 2. The molecule has 0 fully saturated rings. The summed E-state index contributed by atoms with van der Waals surface area (Å²) in [5.41, 5.74) is 0.363. The highest BCUT2D eigenvalue weighted by Crippen LogP contribution is 2.18. The minimum Gasteiger partial charge on any atom is -0.481 e. The highest BCUT2D eigenvalue weighted by atomic mass is 79.9. The van der Waals surface area contributed by atoms with Crippen molar-refractivity contribution in [3.63, 3.8) is 0 Å². The molecule has 0 saturated heterocycles. The van der Waals surface area contributed by atoms with Gasteiger partial charge in [-0.05, 0) is 28.1 Å². The van der Waals surface area contributed by atoms with Crippen LogP contribution in [0, 0.1) is 0 Å². The van der Waals surface area contributed by atoms with Crippen molar-refractivity contribution in [2.75, 3.05) is 0 Å². The molecular formula is C11H9BrN2O3. The normalized spacial score (nSPS) is 10.6. The number of nitrogens with zero attached hydrogens (tertiary/aromatic N) is 2. The fourth-order valence-corrected chi connectivity index (χ4v) is 2.12. The van der Waals surface area contributed by atoms with E-state index in [4.69, 9.17) is 5.11 Å². The first-order chi connectivity index (χ1) is 8.09. The van der Waals surface area contributed by atoms with Crippen LogP contribution in [0.25, 0.3) is 10.9 Å². The molecule has 0 aliphatic rings. The molecule has 2 aromatic heterocycles. The minimum atomic E-state index is -0.931. The average molecular weight is 297 g/mol. The molecule has 0 saturated carbocycles. The molecule has 0 aromatic carbocycles. The number of carboxylic acid groups (broad SMARTS) is 1. The zero-order valence-electron chi connectivity index (χ0n) is 8.76. The van der Waals surface area contributed by atoms with E-state index in [1.54, 1.807) is 24.5 Å². The lowest BCUT2D eigenvalue weighted by atomic mass is 10.2. The summed E-state index contributed by atoms with van der Waals surface area (Å²) in [6, 6.07) is 3.35. The van der Waals surface area contributed by atoms with Gasteiger partial charge in [-0.3, -0.25) is 14.6 Å². The van der Waals surface area contributed by atoms with Crippen LogP contribution < -0.4 is 5.56 Å². The summed E-state index contributed by atoms with van der Waals surface area (Å²) in [6.07, 6.45) is 3.09. The van der Waals surface area contributed by atoms with Crippen LogP contribution in [0.15, 0.2) is 33.8 Å². The minimum absolute atomic E-state index is 0.0852. The number of carbonyl (C=O) groups is 1. The van der Waals surface area contributed by atoms with E-state index in [1.807, 2.05) is 0 Å². The van der Waals surface area contributed by atoms with Crippen molar-refractivity contribution in [2.24, 2.45) is 0 Å². The molecule has 6 heteroatoms. The van der Waals surface area contributed by atoms with Crippen LogP contribution in [0.5, 0.6) is 0 Å². The Morgan fingerprint density at radius 3 is 3.00 bits per heavy atom. The number of aryl methyl sites for hydroxylation is 1. The Hall–Kier alpha value is -1.69. The fourth-order valence-electron chi connectivity index (χ4n) is 1.56. The lowest BCUT2D eigenvalue weighted by Crippen LogP contribution is -2.21. The van der Waals surface area contributed by atoms with Crippen LogP contribution in [-0.2, 0) is 11.3 Å². The number of hydrogen-bond acceptors (Lipinski definition) is 3. The second-order valence-corrected chi connectivity index (χ2v) is 4.37. The average Bonchev–Trinajstić information content (AvgIpc) is 2.32. The van der Waals surface area contributed by atoms with Gasteiger partial charge in [-0.15, -0.1) is 0 Å².